The molecule has 124 valence electrons. The van der Waals surface area contributed by atoms with Crippen molar-refractivity contribution in [2.75, 3.05) is 0 Å². The molecule has 3 aliphatic rings. The van der Waals surface area contributed by atoms with Crippen LogP contribution in [0.3, 0.4) is 0 Å². The van der Waals surface area contributed by atoms with E-state index in [-0.39, 0.29) is 5.60 Å². The highest BCUT2D eigenvalue weighted by atomic mass is 16.6. The lowest BCUT2D eigenvalue weighted by Gasteiger charge is -2.33. The highest BCUT2D eigenvalue weighted by molar-refractivity contribution is 5.20. The predicted molar refractivity (Wildman–Crippen MR) is 90.6 cm³/mol. The van der Waals surface area contributed by atoms with Crippen LogP contribution in [-0.4, -0.2) is 22.4 Å². The number of hydrogen-bond donors (Lipinski definition) is 1. The van der Waals surface area contributed by atoms with Gasteiger partial charge in [0.15, 0.2) is 0 Å². The minimum atomic E-state index is -0.726. The molecule has 0 aromatic carbocycles. The quantitative estimate of drug-likeness (QED) is 0.609. The van der Waals surface area contributed by atoms with Gasteiger partial charge in [0.25, 0.3) is 0 Å². The lowest BCUT2D eigenvalue weighted by Crippen LogP contribution is -2.26. The van der Waals surface area contributed by atoms with Crippen molar-refractivity contribution in [3.63, 3.8) is 0 Å². The second-order valence-corrected chi connectivity index (χ2v) is 8.99. The summed E-state index contributed by atoms with van der Waals surface area (Å²) >= 11 is 0. The van der Waals surface area contributed by atoms with E-state index in [0.717, 1.165) is 5.92 Å². The summed E-state index contributed by atoms with van der Waals surface area (Å²) in [6.07, 6.45) is 13.1. The topological polar surface area (TPSA) is 32.8 Å². The maximum Gasteiger partial charge on any atom is 0.0920 e. The molecule has 0 bridgehead atoms. The van der Waals surface area contributed by atoms with Gasteiger partial charge in [-0.15, -0.1) is 0 Å². The molecule has 0 aromatic rings. The molecule has 1 heterocycles. The fourth-order valence-corrected chi connectivity index (χ4v) is 4.90. The summed E-state index contributed by atoms with van der Waals surface area (Å²) in [7, 11) is 0. The molecule has 2 saturated carbocycles. The first-order valence-corrected chi connectivity index (χ1v) is 8.89. The molecule has 0 aromatic heterocycles. The number of allylic oxidation sites excluding steroid dienone is 3. The number of hydrogen-bond acceptors (Lipinski definition) is 2. The van der Waals surface area contributed by atoms with Crippen LogP contribution in [0.4, 0.5) is 0 Å². The van der Waals surface area contributed by atoms with E-state index < -0.39 is 5.60 Å². The highest BCUT2D eigenvalue weighted by Crippen LogP contribution is 2.61. The molecule has 0 radical (unpaired) electrons. The number of rotatable bonds is 3. The van der Waals surface area contributed by atoms with E-state index in [2.05, 4.69) is 26.8 Å². The van der Waals surface area contributed by atoms with Crippen molar-refractivity contribution in [3.05, 3.63) is 23.8 Å². The SMILES string of the molecule is C/C(=C/C=C/C(C)(C)O)[C@H]1CC[C@@]2(C)C[C@H]3O[C@@]3(C)CCC12. The summed E-state index contributed by atoms with van der Waals surface area (Å²) in [6.45, 7) is 10.7. The average molecular weight is 304 g/mol. The number of aliphatic hydroxyl groups is 1. The van der Waals surface area contributed by atoms with E-state index in [0.29, 0.717) is 17.4 Å². The van der Waals surface area contributed by atoms with E-state index >= 15 is 0 Å². The Morgan fingerprint density at radius 2 is 1.95 bits per heavy atom. The van der Waals surface area contributed by atoms with E-state index in [1.807, 2.05) is 26.0 Å². The standard InChI is InChI=1S/C20H32O2/c1-14(7-6-10-18(2,3)21)15-8-11-19(4)13-17-20(5,22-17)12-9-16(15)19/h6-7,10,15-17,21H,8-9,11-13H2,1-5H3/b10-6+,14-7-/t15-,16?,17-,19+,20+/m1/s1. The molecule has 22 heavy (non-hydrogen) atoms. The Bertz CT molecular complexity index is 498. The molecular weight excluding hydrogens is 272 g/mol. The smallest absolute Gasteiger partial charge is 0.0920 e. The summed E-state index contributed by atoms with van der Waals surface area (Å²) in [5.41, 5.74) is 1.40. The summed E-state index contributed by atoms with van der Waals surface area (Å²) in [6, 6.07) is 0. The Morgan fingerprint density at radius 1 is 1.23 bits per heavy atom. The molecule has 1 aliphatic heterocycles. The Hall–Kier alpha value is -0.600. The van der Waals surface area contributed by atoms with Gasteiger partial charge >= 0.3 is 0 Å². The fourth-order valence-electron chi connectivity index (χ4n) is 4.90. The van der Waals surface area contributed by atoms with Crippen LogP contribution in [0.5, 0.6) is 0 Å². The van der Waals surface area contributed by atoms with Crippen molar-refractivity contribution < 1.29 is 9.84 Å². The van der Waals surface area contributed by atoms with Crippen molar-refractivity contribution in [2.24, 2.45) is 17.3 Å². The molecule has 1 unspecified atom stereocenters. The molecule has 2 aliphatic carbocycles. The maximum atomic E-state index is 9.79. The Kier molecular flexibility index (Phi) is 3.85. The van der Waals surface area contributed by atoms with Gasteiger partial charge in [0.1, 0.15) is 0 Å². The van der Waals surface area contributed by atoms with Crippen LogP contribution in [-0.2, 0) is 4.74 Å². The first-order valence-electron chi connectivity index (χ1n) is 8.89. The maximum absolute atomic E-state index is 9.79. The van der Waals surface area contributed by atoms with E-state index in [9.17, 15) is 5.11 Å². The normalized spacial score (nSPS) is 45.5. The second-order valence-electron chi connectivity index (χ2n) is 8.99. The van der Waals surface area contributed by atoms with Gasteiger partial charge in [0, 0.05) is 0 Å². The Balaban J connectivity index is 1.73. The number of fused-ring (bicyclic) bond motifs is 2. The molecule has 1 saturated heterocycles. The fraction of sp³-hybridized carbons (Fsp3) is 0.800. The first-order chi connectivity index (χ1) is 10.1. The van der Waals surface area contributed by atoms with Crippen LogP contribution in [0.1, 0.15) is 66.7 Å². The first kappa shape index (κ1) is 16.3. The molecule has 1 N–H and O–H groups in total. The largest absolute Gasteiger partial charge is 0.386 e. The zero-order chi connectivity index (χ0) is 16.2. The van der Waals surface area contributed by atoms with Crippen molar-refractivity contribution >= 4 is 0 Å². The lowest BCUT2D eigenvalue weighted by molar-refractivity contribution is 0.133. The van der Waals surface area contributed by atoms with Crippen LogP contribution in [0.25, 0.3) is 0 Å². The van der Waals surface area contributed by atoms with Crippen molar-refractivity contribution in [1.82, 2.24) is 0 Å². The van der Waals surface area contributed by atoms with Gasteiger partial charge in [0.05, 0.1) is 17.3 Å². The second kappa shape index (κ2) is 5.21. The molecule has 3 rings (SSSR count). The van der Waals surface area contributed by atoms with Crippen molar-refractivity contribution in [3.8, 4) is 0 Å². The molecule has 0 amide bonds. The zero-order valence-electron chi connectivity index (χ0n) is 14.9. The average Bonchev–Trinajstić information content (AvgIpc) is 2.89. The molecular formula is C20H32O2. The van der Waals surface area contributed by atoms with Gasteiger partial charge in [-0.05, 0) is 77.0 Å². The molecule has 3 fully saturated rings. The van der Waals surface area contributed by atoms with Crippen molar-refractivity contribution in [1.29, 1.82) is 0 Å². The molecule has 0 spiro atoms. The van der Waals surface area contributed by atoms with Gasteiger partial charge in [-0.25, -0.2) is 0 Å². The highest BCUT2D eigenvalue weighted by Gasteiger charge is 2.60. The third kappa shape index (κ3) is 3.05. The predicted octanol–water partition coefficient (Wildman–Crippen LogP) is 4.63. The van der Waals surface area contributed by atoms with Crippen LogP contribution < -0.4 is 0 Å². The minimum Gasteiger partial charge on any atom is -0.386 e. The van der Waals surface area contributed by atoms with Crippen LogP contribution >= 0.6 is 0 Å². The number of epoxide rings is 1. The van der Waals surface area contributed by atoms with E-state index in [4.69, 9.17) is 4.74 Å². The Labute approximate surface area is 135 Å². The van der Waals surface area contributed by atoms with Crippen LogP contribution in [0.2, 0.25) is 0 Å². The minimum absolute atomic E-state index is 0.191. The van der Waals surface area contributed by atoms with Gasteiger partial charge < -0.3 is 9.84 Å². The van der Waals surface area contributed by atoms with Crippen molar-refractivity contribution in [2.45, 2.75) is 84.0 Å². The third-order valence-electron chi connectivity index (χ3n) is 6.49. The van der Waals surface area contributed by atoms with Crippen LogP contribution in [0.15, 0.2) is 23.8 Å². The Morgan fingerprint density at radius 3 is 2.64 bits per heavy atom. The summed E-state index contributed by atoms with van der Waals surface area (Å²) < 4.78 is 5.96. The van der Waals surface area contributed by atoms with Gasteiger partial charge in [-0.1, -0.05) is 30.7 Å². The summed E-state index contributed by atoms with van der Waals surface area (Å²) in [5, 5.41) is 9.79. The van der Waals surface area contributed by atoms with Gasteiger partial charge in [0.2, 0.25) is 0 Å². The van der Waals surface area contributed by atoms with E-state index in [1.54, 1.807) is 0 Å². The monoisotopic (exact) mass is 304 g/mol. The lowest BCUT2D eigenvalue weighted by atomic mass is 9.72. The third-order valence-corrected chi connectivity index (χ3v) is 6.49. The molecule has 2 nitrogen and oxygen atoms in total. The van der Waals surface area contributed by atoms with Gasteiger partial charge in [-0.2, -0.15) is 0 Å². The van der Waals surface area contributed by atoms with E-state index in [1.165, 1.54) is 37.7 Å². The van der Waals surface area contributed by atoms with Crippen LogP contribution in [0, 0.1) is 17.3 Å². The summed E-state index contributed by atoms with van der Waals surface area (Å²) in [5.74, 6) is 1.50. The molecule has 2 heteroatoms. The zero-order valence-corrected chi connectivity index (χ0v) is 14.9. The molecule has 5 atom stereocenters. The number of ether oxygens (including phenoxy) is 1. The summed E-state index contributed by atoms with van der Waals surface area (Å²) in [4.78, 5) is 0. The van der Waals surface area contributed by atoms with Gasteiger partial charge in [-0.3, -0.25) is 0 Å².